The fraction of sp³-hybridized carbons (Fsp3) is 0.105. The Morgan fingerprint density at radius 3 is 2.00 bits per heavy atom. The van der Waals surface area contributed by atoms with Crippen LogP contribution in [0.2, 0.25) is 0 Å². The van der Waals surface area contributed by atoms with Crippen LogP contribution in [0.5, 0.6) is 0 Å². The molecule has 0 fully saturated rings. The molecule has 0 N–H and O–H groups in total. The second-order valence-corrected chi connectivity index (χ2v) is 5.71. The Morgan fingerprint density at radius 2 is 1.52 bits per heavy atom. The van der Waals surface area contributed by atoms with E-state index in [9.17, 15) is 4.79 Å². The molecular formula is C19H18OS. The molecule has 0 saturated heterocycles. The lowest BCUT2D eigenvalue weighted by molar-refractivity contribution is -0.109. The Kier molecular flexibility index (Phi) is 5.59. The lowest BCUT2D eigenvalue weighted by Crippen LogP contribution is -2.01. The summed E-state index contributed by atoms with van der Waals surface area (Å²) in [7, 11) is 0. The van der Waals surface area contributed by atoms with Gasteiger partial charge in [0.15, 0.2) is 5.78 Å². The Bertz CT molecular complexity index is 642. The van der Waals surface area contributed by atoms with Gasteiger partial charge in [0.1, 0.15) is 0 Å². The third-order valence-electron chi connectivity index (χ3n) is 3.05. The number of hydrogen-bond acceptors (Lipinski definition) is 2. The lowest BCUT2D eigenvalue weighted by atomic mass is 9.98. The van der Waals surface area contributed by atoms with Crippen molar-refractivity contribution in [2.45, 2.75) is 6.92 Å². The standard InChI is InChI=1S/C19H18OS/c1-3-17(20)18(15-11-7-5-8-12-15)19(21-4-2)16-13-9-6-10-14-16/h3,5-14H,1,4H2,2H3/b19-18-. The van der Waals surface area contributed by atoms with Crippen LogP contribution in [-0.4, -0.2) is 11.5 Å². The third-order valence-corrected chi connectivity index (χ3v) is 4.06. The van der Waals surface area contributed by atoms with Crippen LogP contribution in [0.15, 0.2) is 73.3 Å². The molecule has 2 heteroatoms. The number of ketones is 1. The molecule has 0 aromatic heterocycles. The highest BCUT2D eigenvalue weighted by molar-refractivity contribution is 8.08. The van der Waals surface area contributed by atoms with E-state index >= 15 is 0 Å². The molecule has 0 aliphatic heterocycles. The van der Waals surface area contributed by atoms with Crippen molar-refractivity contribution in [2.75, 3.05) is 5.75 Å². The van der Waals surface area contributed by atoms with Gasteiger partial charge in [-0.1, -0.05) is 74.2 Å². The molecule has 0 aliphatic carbocycles. The minimum Gasteiger partial charge on any atom is -0.289 e. The van der Waals surface area contributed by atoms with E-state index in [0.29, 0.717) is 0 Å². The predicted octanol–water partition coefficient (Wildman–Crippen LogP) is 5.06. The minimum absolute atomic E-state index is 0.0407. The van der Waals surface area contributed by atoms with Crippen LogP contribution in [0.25, 0.3) is 10.5 Å². The first-order chi connectivity index (χ1) is 10.3. The number of carbonyl (C=O) groups is 1. The molecular weight excluding hydrogens is 276 g/mol. The largest absolute Gasteiger partial charge is 0.289 e. The molecule has 2 aromatic rings. The van der Waals surface area contributed by atoms with Gasteiger partial charge >= 0.3 is 0 Å². The summed E-state index contributed by atoms with van der Waals surface area (Å²) < 4.78 is 0. The zero-order valence-corrected chi connectivity index (χ0v) is 12.9. The predicted molar refractivity (Wildman–Crippen MR) is 93.0 cm³/mol. The molecule has 0 heterocycles. The summed E-state index contributed by atoms with van der Waals surface area (Å²) in [6.07, 6.45) is 1.39. The first-order valence-electron chi connectivity index (χ1n) is 6.92. The monoisotopic (exact) mass is 294 g/mol. The van der Waals surface area contributed by atoms with E-state index in [4.69, 9.17) is 0 Å². The fourth-order valence-electron chi connectivity index (χ4n) is 2.13. The van der Waals surface area contributed by atoms with Crippen molar-refractivity contribution in [2.24, 2.45) is 0 Å². The summed E-state index contributed by atoms with van der Waals surface area (Å²) in [6.45, 7) is 5.74. The molecule has 2 rings (SSSR count). The molecule has 1 nitrogen and oxygen atoms in total. The van der Waals surface area contributed by atoms with Crippen molar-refractivity contribution in [1.82, 2.24) is 0 Å². The van der Waals surface area contributed by atoms with Crippen LogP contribution in [-0.2, 0) is 4.79 Å². The molecule has 0 radical (unpaired) electrons. The van der Waals surface area contributed by atoms with Gasteiger partial charge in [-0.2, -0.15) is 0 Å². The Hall–Kier alpha value is -2.06. The molecule has 0 atom stereocenters. The number of allylic oxidation sites excluding steroid dienone is 2. The van der Waals surface area contributed by atoms with E-state index in [1.54, 1.807) is 11.8 Å². The van der Waals surface area contributed by atoms with Crippen LogP contribution < -0.4 is 0 Å². The number of hydrogen-bond donors (Lipinski definition) is 0. The van der Waals surface area contributed by atoms with Crippen molar-refractivity contribution in [3.05, 3.63) is 84.4 Å². The number of benzene rings is 2. The van der Waals surface area contributed by atoms with Gasteiger partial charge in [0.2, 0.25) is 0 Å². The van der Waals surface area contributed by atoms with Crippen molar-refractivity contribution >= 4 is 28.0 Å². The summed E-state index contributed by atoms with van der Waals surface area (Å²) in [5.41, 5.74) is 2.73. The van der Waals surface area contributed by atoms with Crippen molar-refractivity contribution in [3.63, 3.8) is 0 Å². The number of rotatable bonds is 6. The first-order valence-corrected chi connectivity index (χ1v) is 7.91. The topological polar surface area (TPSA) is 17.1 Å². The van der Waals surface area contributed by atoms with Gasteiger partial charge in [-0.15, -0.1) is 11.8 Å². The molecule has 106 valence electrons. The zero-order chi connectivity index (χ0) is 15.1. The molecule has 0 spiro atoms. The molecule has 0 amide bonds. The SMILES string of the molecule is C=CC(=O)/C(=C(\SCC)c1ccccc1)c1ccccc1. The van der Waals surface area contributed by atoms with Crippen LogP contribution in [0.3, 0.4) is 0 Å². The van der Waals surface area contributed by atoms with Gasteiger partial charge < -0.3 is 0 Å². The van der Waals surface area contributed by atoms with Crippen LogP contribution in [0.4, 0.5) is 0 Å². The summed E-state index contributed by atoms with van der Waals surface area (Å²) in [5, 5.41) is 0. The molecule has 0 aliphatic rings. The van der Waals surface area contributed by atoms with E-state index < -0.39 is 0 Å². The third kappa shape index (κ3) is 3.73. The number of carbonyl (C=O) groups excluding carboxylic acids is 1. The van der Waals surface area contributed by atoms with Crippen LogP contribution >= 0.6 is 11.8 Å². The van der Waals surface area contributed by atoms with E-state index in [2.05, 4.69) is 13.5 Å². The minimum atomic E-state index is -0.0407. The van der Waals surface area contributed by atoms with Gasteiger partial charge in [-0.05, 0) is 23.0 Å². The van der Waals surface area contributed by atoms with Gasteiger partial charge in [0, 0.05) is 10.5 Å². The quantitative estimate of drug-likeness (QED) is 0.547. The van der Waals surface area contributed by atoms with Crippen molar-refractivity contribution < 1.29 is 4.79 Å². The maximum Gasteiger partial charge on any atom is 0.186 e. The van der Waals surface area contributed by atoms with Crippen LogP contribution in [0, 0.1) is 0 Å². The Morgan fingerprint density at radius 1 is 1.00 bits per heavy atom. The van der Waals surface area contributed by atoms with Gasteiger partial charge in [-0.25, -0.2) is 0 Å². The second-order valence-electron chi connectivity index (χ2n) is 4.44. The van der Waals surface area contributed by atoms with Gasteiger partial charge in [-0.3, -0.25) is 4.79 Å². The maximum atomic E-state index is 12.4. The molecule has 0 saturated carbocycles. The Labute approximate surface area is 130 Å². The fourth-order valence-corrected chi connectivity index (χ4v) is 3.08. The lowest BCUT2D eigenvalue weighted by Gasteiger charge is -2.13. The average molecular weight is 294 g/mol. The van der Waals surface area contributed by atoms with Crippen LogP contribution in [0.1, 0.15) is 18.1 Å². The summed E-state index contributed by atoms with van der Waals surface area (Å²) >= 11 is 1.69. The maximum absolute atomic E-state index is 12.4. The highest BCUT2D eigenvalue weighted by Gasteiger charge is 2.16. The van der Waals surface area contributed by atoms with Gasteiger partial charge in [0.05, 0.1) is 0 Å². The molecule has 2 aromatic carbocycles. The highest BCUT2D eigenvalue weighted by Crippen LogP contribution is 2.36. The second kappa shape index (κ2) is 7.65. The smallest absolute Gasteiger partial charge is 0.186 e. The molecule has 0 unspecified atom stereocenters. The van der Waals surface area contributed by atoms with Crippen molar-refractivity contribution in [3.8, 4) is 0 Å². The van der Waals surface area contributed by atoms with E-state index in [0.717, 1.165) is 27.4 Å². The average Bonchev–Trinajstić information content (AvgIpc) is 2.56. The number of thioether (sulfide) groups is 1. The zero-order valence-electron chi connectivity index (χ0n) is 12.1. The van der Waals surface area contributed by atoms with E-state index in [1.165, 1.54) is 6.08 Å². The van der Waals surface area contributed by atoms with E-state index in [1.807, 2.05) is 60.7 Å². The highest BCUT2D eigenvalue weighted by atomic mass is 32.2. The molecule has 0 bridgehead atoms. The summed E-state index contributed by atoms with van der Waals surface area (Å²) in [4.78, 5) is 13.4. The van der Waals surface area contributed by atoms with E-state index in [-0.39, 0.29) is 5.78 Å². The first kappa shape index (κ1) is 15.3. The van der Waals surface area contributed by atoms with Crippen molar-refractivity contribution in [1.29, 1.82) is 0 Å². The molecule has 21 heavy (non-hydrogen) atoms. The normalized spacial score (nSPS) is 11.7. The summed E-state index contributed by atoms with van der Waals surface area (Å²) in [6, 6.07) is 19.8. The summed E-state index contributed by atoms with van der Waals surface area (Å²) in [5.74, 6) is 0.867. The van der Waals surface area contributed by atoms with Gasteiger partial charge in [0.25, 0.3) is 0 Å². The Balaban J connectivity index is 2.68.